The van der Waals surface area contributed by atoms with Crippen molar-refractivity contribution in [1.29, 1.82) is 0 Å². The monoisotopic (exact) mass is 644 g/mol. The second-order valence-corrected chi connectivity index (χ2v) is 12.7. The van der Waals surface area contributed by atoms with Gasteiger partial charge >= 0.3 is 0 Å². The Bertz CT molecular complexity index is 1590. The number of para-hydroxylation sites is 1. The van der Waals surface area contributed by atoms with Gasteiger partial charge in [0.15, 0.2) is 11.6 Å². The van der Waals surface area contributed by atoms with E-state index in [9.17, 15) is 0 Å². The first-order valence-corrected chi connectivity index (χ1v) is 17.1. The van der Waals surface area contributed by atoms with Crippen LogP contribution in [-0.2, 0) is 0 Å². The molecule has 0 amide bonds. The smallest absolute Gasteiger partial charge is 0.162 e. The molecule has 0 atom stereocenters. The molecule has 0 spiro atoms. The van der Waals surface area contributed by atoms with Gasteiger partial charge in [-0.1, -0.05) is 79.6 Å². The Balaban J connectivity index is 1.55. The molecule has 0 saturated carbocycles. The van der Waals surface area contributed by atoms with Crippen molar-refractivity contribution in [3.63, 3.8) is 0 Å². The molecule has 252 valence electrons. The first-order chi connectivity index (χ1) is 23.4. The lowest BCUT2D eigenvalue weighted by Gasteiger charge is -2.22. The van der Waals surface area contributed by atoms with Crippen LogP contribution in [0.1, 0.15) is 55.2 Å². The molecule has 0 aliphatic rings. The maximum absolute atomic E-state index is 5.10. The quantitative estimate of drug-likeness (QED) is 0.0585. The topological polar surface area (TPSA) is 72.6 Å². The first kappa shape index (κ1) is 36.3. The van der Waals surface area contributed by atoms with E-state index in [1.54, 1.807) is 5.01 Å². The summed E-state index contributed by atoms with van der Waals surface area (Å²) in [7, 11) is 8.47. The van der Waals surface area contributed by atoms with Crippen LogP contribution in [0.2, 0.25) is 0 Å². The van der Waals surface area contributed by atoms with E-state index >= 15 is 0 Å². The predicted molar refractivity (Wildman–Crippen MR) is 206 cm³/mol. The highest BCUT2D eigenvalue weighted by Gasteiger charge is 2.19. The van der Waals surface area contributed by atoms with Gasteiger partial charge in [0.1, 0.15) is 0 Å². The highest BCUT2D eigenvalue weighted by Crippen LogP contribution is 2.34. The summed E-state index contributed by atoms with van der Waals surface area (Å²) < 4.78 is 0. The van der Waals surface area contributed by atoms with Crippen LogP contribution in [0.4, 0.5) is 11.5 Å². The molecule has 0 saturated heterocycles. The van der Waals surface area contributed by atoms with Gasteiger partial charge in [0, 0.05) is 48.9 Å². The van der Waals surface area contributed by atoms with Crippen LogP contribution in [0.25, 0.3) is 22.6 Å². The molecule has 0 N–H and O–H groups in total. The summed E-state index contributed by atoms with van der Waals surface area (Å²) in [5.74, 6) is 1.32. The lowest BCUT2D eigenvalue weighted by molar-refractivity contribution is 0.392. The minimum atomic E-state index is 0.625. The van der Waals surface area contributed by atoms with Gasteiger partial charge in [0.25, 0.3) is 0 Å². The molecule has 0 bridgehead atoms. The van der Waals surface area contributed by atoms with Gasteiger partial charge in [-0.3, -0.25) is 9.98 Å². The minimum Gasteiger partial charge on any atom is -0.309 e. The van der Waals surface area contributed by atoms with Crippen molar-refractivity contribution in [3.8, 4) is 22.6 Å². The van der Waals surface area contributed by atoms with Crippen molar-refractivity contribution in [2.24, 2.45) is 15.1 Å². The van der Waals surface area contributed by atoms with Crippen molar-refractivity contribution >= 4 is 30.7 Å². The molecule has 0 aliphatic carbocycles. The van der Waals surface area contributed by atoms with E-state index in [1.165, 1.54) is 25.7 Å². The van der Waals surface area contributed by atoms with Crippen molar-refractivity contribution in [2.75, 3.05) is 59.4 Å². The Morgan fingerprint density at radius 1 is 0.625 bits per heavy atom. The maximum atomic E-state index is 5.10. The van der Waals surface area contributed by atoms with Crippen LogP contribution in [0.3, 0.4) is 0 Å². The third-order valence-electron chi connectivity index (χ3n) is 8.08. The fourth-order valence-corrected chi connectivity index (χ4v) is 5.36. The summed E-state index contributed by atoms with van der Waals surface area (Å²) in [6.07, 6.45) is 10.9. The Morgan fingerprint density at radius 2 is 1.15 bits per heavy atom. The summed E-state index contributed by atoms with van der Waals surface area (Å²) in [5.41, 5.74) is 6.71. The number of hydrogen-bond acceptors (Lipinski definition) is 8. The van der Waals surface area contributed by atoms with E-state index in [-0.39, 0.29) is 0 Å². The van der Waals surface area contributed by atoms with Crippen LogP contribution in [0, 0.1) is 6.92 Å². The molecule has 0 aliphatic heterocycles. The van der Waals surface area contributed by atoms with Crippen molar-refractivity contribution < 1.29 is 0 Å². The number of hydrazone groups is 1. The first-order valence-electron chi connectivity index (χ1n) is 17.1. The van der Waals surface area contributed by atoms with E-state index < -0.39 is 0 Å². The number of anilines is 2. The second-order valence-electron chi connectivity index (χ2n) is 12.7. The number of nitrogens with zero attached hydrogens (tertiary/aromatic N) is 8. The van der Waals surface area contributed by atoms with Crippen molar-refractivity contribution in [3.05, 3.63) is 95.6 Å². The molecule has 1 heterocycles. The molecule has 4 aromatic rings. The van der Waals surface area contributed by atoms with Gasteiger partial charge in [0.2, 0.25) is 0 Å². The van der Waals surface area contributed by atoms with E-state index in [0.717, 1.165) is 78.2 Å². The van der Waals surface area contributed by atoms with Crippen LogP contribution in [0.15, 0.2) is 93.9 Å². The third-order valence-corrected chi connectivity index (χ3v) is 8.08. The van der Waals surface area contributed by atoms with E-state index in [1.807, 2.05) is 49.7 Å². The van der Waals surface area contributed by atoms with Gasteiger partial charge < -0.3 is 9.80 Å². The number of aromatic nitrogens is 2. The van der Waals surface area contributed by atoms with Gasteiger partial charge in [-0.2, -0.15) is 5.10 Å². The van der Waals surface area contributed by atoms with Crippen molar-refractivity contribution in [2.45, 2.75) is 45.4 Å². The Kier molecular flexibility index (Phi) is 14.6. The van der Waals surface area contributed by atoms with Gasteiger partial charge in [-0.05, 0) is 97.1 Å². The number of rotatable bonds is 19. The average molecular weight is 645 g/mol. The molecule has 0 fully saturated rings. The summed E-state index contributed by atoms with van der Waals surface area (Å²) in [6, 6.07) is 26.6. The molecular formula is C40H52N8. The zero-order valence-corrected chi connectivity index (χ0v) is 29.5. The standard InChI is InChI=1S/C40H52N8/c1-32-38(35-22-18-33(19-23-35)30-42-26-12-8-14-28-46(3)4)44-39(45-40(32)48(41-2)37-16-10-7-11-17-37)36-24-20-34(21-25-36)31-43-27-13-9-15-29-47(5)6/h7,10-11,16-25,30-31H,2,8-9,12-15,26-29H2,1,3-6H3/b42-30-,43-31+. The molecule has 0 unspecified atom stereocenters. The number of unbranched alkanes of at least 4 members (excludes halogenated alkanes) is 4. The molecular weight excluding hydrogens is 592 g/mol. The van der Waals surface area contributed by atoms with Crippen LogP contribution in [0.5, 0.6) is 0 Å². The molecule has 8 heteroatoms. The van der Waals surface area contributed by atoms with Gasteiger partial charge in [0.05, 0.1) is 11.4 Å². The van der Waals surface area contributed by atoms with E-state index in [4.69, 9.17) is 9.97 Å². The largest absolute Gasteiger partial charge is 0.309 e. The zero-order chi connectivity index (χ0) is 34.1. The lowest BCUT2D eigenvalue weighted by Crippen LogP contribution is -2.13. The summed E-state index contributed by atoms with van der Waals surface area (Å²) in [5, 5.41) is 6.16. The highest BCUT2D eigenvalue weighted by atomic mass is 15.5. The molecule has 0 radical (unpaired) electrons. The molecule has 48 heavy (non-hydrogen) atoms. The number of hydrogen-bond donors (Lipinski definition) is 0. The summed E-state index contributed by atoms with van der Waals surface area (Å²) in [6.45, 7) is 9.87. The molecule has 4 rings (SSSR count). The minimum absolute atomic E-state index is 0.625. The Hall–Kier alpha value is -4.53. The Morgan fingerprint density at radius 3 is 1.65 bits per heavy atom. The van der Waals surface area contributed by atoms with Crippen LogP contribution in [-0.4, -0.2) is 93.3 Å². The third kappa shape index (κ3) is 11.3. The predicted octanol–water partition coefficient (Wildman–Crippen LogP) is 8.17. The fraction of sp³-hybridized carbons (Fsp3) is 0.375. The molecule has 3 aromatic carbocycles. The average Bonchev–Trinajstić information content (AvgIpc) is 3.09. The van der Waals surface area contributed by atoms with Crippen LogP contribution >= 0.6 is 0 Å². The number of benzene rings is 3. The summed E-state index contributed by atoms with van der Waals surface area (Å²) in [4.78, 5) is 23.9. The lowest BCUT2D eigenvalue weighted by atomic mass is 10.0. The van der Waals surface area contributed by atoms with E-state index in [2.05, 4.69) is 108 Å². The zero-order valence-electron chi connectivity index (χ0n) is 29.5. The maximum Gasteiger partial charge on any atom is 0.162 e. The Labute approximate surface area is 288 Å². The fourth-order valence-electron chi connectivity index (χ4n) is 5.36. The SMILES string of the molecule is C=NN(c1ccccc1)c1nc(-c2ccc(/C=N/CCCCCN(C)C)cc2)nc(-c2ccc(/C=N\CCCCCN(C)C)cc2)c1C. The van der Waals surface area contributed by atoms with Gasteiger partial charge in [-0.15, -0.1) is 0 Å². The van der Waals surface area contributed by atoms with Crippen molar-refractivity contribution in [1.82, 2.24) is 19.8 Å². The highest BCUT2D eigenvalue weighted by molar-refractivity contribution is 5.83. The van der Waals surface area contributed by atoms with Gasteiger partial charge in [-0.25, -0.2) is 15.0 Å². The normalized spacial score (nSPS) is 11.7. The van der Waals surface area contributed by atoms with E-state index in [0.29, 0.717) is 11.6 Å². The molecule has 8 nitrogen and oxygen atoms in total. The second kappa shape index (κ2) is 19.3. The van der Waals surface area contributed by atoms with Crippen LogP contribution < -0.4 is 5.01 Å². The number of aliphatic imine (C=N–C) groups is 2. The summed E-state index contributed by atoms with van der Waals surface area (Å²) >= 11 is 0. The molecule has 1 aromatic heterocycles.